The van der Waals surface area contributed by atoms with Crippen LogP contribution in [-0.4, -0.2) is 33.8 Å². The van der Waals surface area contributed by atoms with Crippen molar-refractivity contribution in [3.8, 4) is 0 Å². The lowest BCUT2D eigenvalue weighted by atomic mass is 10.2. The molecular weight excluding hydrogens is 407 g/mol. The number of aromatic nitrogens is 3. The van der Waals surface area contributed by atoms with Crippen LogP contribution in [0.5, 0.6) is 0 Å². The number of aryl methyl sites for hydroxylation is 3. The minimum absolute atomic E-state index is 0. The van der Waals surface area contributed by atoms with Gasteiger partial charge in [-0.2, -0.15) is 5.10 Å². The summed E-state index contributed by atoms with van der Waals surface area (Å²) in [7, 11) is 1.92. The third-order valence-corrected chi connectivity index (χ3v) is 3.25. The molecule has 0 radical (unpaired) electrons. The van der Waals surface area contributed by atoms with Gasteiger partial charge in [-0.05, 0) is 32.8 Å². The first-order valence-electron chi connectivity index (χ1n) is 7.51. The predicted molar refractivity (Wildman–Crippen MR) is 101 cm³/mol. The van der Waals surface area contributed by atoms with E-state index < -0.39 is 0 Å². The highest BCUT2D eigenvalue weighted by atomic mass is 127. The van der Waals surface area contributed by atoms with E-state index in [4.69, 9.17) is 4.42 Å². The van der Waals surface area contributed by atoms with Crippen molar-refractivity contribution in [2.75, 3.05) is 13.1 Å². The summed E-state index contributed by atoms with van der Waals surface area (Å²) in [5.74, 6) is 2.25. The smallest absolute Gasteiger partial charge is 0.216 e. The topological polar surface area (TPSA) is 80.3 Å². The van der Waals surface area contributed by atoms with Crippen LogP contribution in [0.4, 0.5) is 0 Å². The number of aliphatic imine (C=N–C) groups is 1. The molecule has 0 atom stereocenters. The number of hydrogen-bond acceptors (Lipinski definition) is 4. The molecule has 2 rings (SSSR count). The van der Waals surface area contributed by atoms with E-state index in [1.165, 1.54) is 5.56 Å². The van der Waals surface area contributed by atoms with Gasteiger partial charge in [-0.3, -0.25) is 4.68 Å². The van der Waals surface area contributed by atoms with Crippen LogP contribution >= 0.6 is 24.0 Å². The van der Waals surface area contributed by atoms with Crippen molar-refractivity contribution in [1.29, 1.82) is 0 Å². The van der Waals surface area contributed by atoms with Gasteiger partial charge < -0.3 is 15.1 Å². The first-order chi connectivity index (χ1) is 10.6. The zero-order chi connectivity index (χ0) is 15.9. The van der Waals surface area contributed by atoms with Crippen LogP contribution in [0.3, 0.4) is 0 Å². The molecule has 8 heteroatoms. The predicted octanol–water partition coefficient (Wildman–Crippen LogP) is 1.94. The summed E-state index contributed by atoms with van der Waals surface area (Å²) in [6.45, 7) is 7.91. The van der Waals surface area contributed by atoms with Gasteiger partial charge in [-0.15, -0.1) is 24.0 Å². The molecule has 23 heavy (non-hydrogen) atoms. The van der Waals surface area contributed by atoms with Crippen molar-refractivity contribution >= 4 is 29.9 Å². The molecule has 0 saturated carbocycles. The minimum atomic E-state index is 0. The van der Waals surface area contributed by atoms with E-state index in [9.17, 15) is 0 Å². The second-order valence-corrected chi connectivity index (χ2v) is 5.14. The summed E-state index contributed by atoms with van der Waals surface area (Å²) < 4.78 is 7.34. The molecule has 0 unspecified atom stereocenters. The Balaban J connectivity index is 0.00000264. The van der Waals surface area contributed by atoms with E-state index in [0.717, 1.165) is 36.9 Å². The van der Waals surface area contributed by atoms with Crippen LogP contribution in [-0.2, 0) is 20.0 Å². The van der Waals surface area contributed by atoms with E-state index >= 15 is 0 Å². The molecule has 2 aromatic rings. The second-order valence-electron chi connectivity index (χ2n) is 5.14. The fourth-order valence-corrected chi connectivity index (χ4v) is 2.02. The Kier molecular flexibility index (Phi) is 8.07. The number of oxazole rings is 1. The standard InChI is InChI=1S/C15H24N6O.HI/c1-5-16-15(17-7-6-13-8-19-21(4)10-13)18-9-14-20-11(2)12(3)22-14;/h8,10H,5-7,9H2,1-4H3,(H2,16,17,18);1H. The lowest BCUT2D eigenvalue weighted by Gasteiger charge is -2.10. The Morgan fingerprint density at radius 3 is 2.70 bits per heavy atom. The van der Waals surface area contributed by atoms with Crippen molar-refractivity contribution < 1.29 is 4.42 Å². The number of hydrogen-bond donors (Lipinski definition) is 2. The Bertz CT molecular complexity index is 614. The van der Waals surface area contributed by atoms with Gasteiger partial charge in [0.2, 0.25) is 5.89 Å². The van der Waals surface area contributed by atoms with Crippen LogP contribution in [0.1, 0.15) is 29.8 Å². The summed E-state index contributed by atoms with van der Waals surface area (Å²) >= 11 is 0. The number of halogens is 1. The average Bonchev–Trinajstić information content (AvgIpc) is 3.03. The molecule has 2 heterocycles. The van der Waals surface area contributed by atoms with Gasteiger partial charge in [-0.1, -0.05) is 0 Å². The van der Waals surface area contributed by atoms with E-state index in [1.54, 1.807) is 0 Å². The highest BCUT2D eigenvalue weighted by Gasteiger charge is 2.05. The molecule has 0 aromatic carbocycles. The Morgan fingerprint density at radius 2 is 2.13 bits per heavy atom. The molecule has 0 amide bonds. The molecule has 2 aromatic heterocycles. The summed E-state index contributed by atoms with van der Waals surface area (Å²) in [6, 6.07) is 0. The molecule has 0 fully saturated rings. The summed E-state index contributed by atoms with van der Waals surface area (Å²) in [4.78, 5) is 8.82. The SMILES string of the molecule is CCNC(=NCc1nc(C)c(C)o1)NCCc1cnn(C)c1.I. The zero-order valence-corrected chi connectivity index (χ0v) is 16.4. The number of nitrogens with zero attached hydrogens (tertiary/aromatic N) is 4. The monoisotopic (exact) mass is 432 g/mol. The molecule has 7 nitrogen and oxygen atoms in total. The second kappa shape index (κ2) is 9.53. The molecule has 128 valence electrons. The highest BCUT2D eigenvalue weighted by Crippen LogP contribution is 2.08. The van der Waals surface area contributed by atoms with Crippen molar-refractivity contribution in [2.45, 2.75) is 33.7 Å². The maximum absolute atomic E-state index is 5.53. The van der Waals surface area contributed by atoms with E-state index in [2.05, 4.69) is 25.7 Å². The van der Waals surface area contributed by atoms with Crippen molar-refractivity contribution in [2.24, 2.45) is 12.0 Å². The minimum Gasteiger partial charge on any atom is -0.444 e. The first-order valence-corrected chi connectivity index (χ1v) is 7.51. The van der Waals surface area contributed by atoms with E-state index in [1.807, 2.05) is 44.9 Å². The molecule has 0 aliphatic carbocycles. The van der Waals surface area contributed by atoms with Gasteiger partial charge >= 0.3 is 0 Å². The highest BCUT2D eigenvalue weighted by molar-refractivity contribution is 14.0. The molecular formula is C15H25IN6O. The van der Waals surface area contributed by atoms with Gasteiger partial charge in [0.05, 0.1) is 11.9 Å². The van der Waals surface area contributed by atoms with Crippen LogP contribution in [0, 0.1) is 13.8 Å². The van der Waals surface area contributed by atoms with Gasteiger partial charge in [0.25, 0.3) is 0 Å². The first kappa shape index (κ1) is 19.5. The Hall–Kier alpha value is -1.58. The quantitative estimate of drug-likeness (QED) is 0.415. The van der Waals surface area contributed by atoms with E-state index in [-0.39, 0.29) is 24.0 Å². The largest absolute Gasteiger partial charge is 0.444 e. The molecule has 0 bridgehead atoms. The molecule has 2 N–H and O–H groups in total. The Labute approximate surface area is 154 Å². The van der Waals surface area contributed by atoms with E-state index in [0.29, 0.717) is 12.4 Å². The maximum Gasteiger partial charge on any atom is 0.216 e. The summed E-state index contributed by atoms with van der Waals surface area (Å²) in [6.07, 6.45) is 4.80. The lowest BCUT2D eigenvalue weighted by molar-refractivity contribution is 0.473. The lowest BCUT2D eigenvalue weighted by Crippen LogP contribution is -2.38. The molecule has 0 aliphatic heterocycles. The fourth-order valence-electron chi connectivity index (χ4n) is 2.02. The fraction of sp³-hybridized carbons (Fsp3) is 0.533. The van der Waals surface area contributed by atoms with Crippen molar-refractivity contribution in [3.63, 3.8) is 0 Å². The molecule has 0 saturated heterocycles. The summed E-state index contributed by atoms with van der Waals surface area (Å²) in [5, 5.41) is 10.7. The average molecular weight is 432 g/mol. The van der Waals surface area contributed by atoms with Crippen LogP contribution in [0.15, 0.2) is 21.8 Å². The zero-order valence-electron chi connectivity index (χ0n) is 14.1. The number of nitrogens with one attached hydrogen (secondary N) is 2. The van der Waals surface area contributed by atoms with Gasteiger partial charge in [0.15, 0.2) is 5.96 Å². The van der Waals surface area contributed by atoms with Gasteiger partial charge in [0.1, 0.15) is 12.3 Å². The van der Waals surface area contributed by atoms with Crippen LogP contribution in [0.2, 0.25) is 0 Å². The molecule has 0 spiro atoms. The van der Waals surface area contributed by atoms with Crippen LogP contribution < -0.4 is 10.6 Å². The normalized spacial score (nSPS) is 11.2. The maximum atomic E-state index is 5.53. The van der Waals surface area contributed by atoms with Crippen LogP contribution in [0.25, 0.3) is 0 Å². The Morgan fingerprint density at radius 1 is 1.35 bits per heavy atom. The van der Waals surface area contributed by atoms with Crippen molar-refractivity contribution in [1.82, 2.24) is 25.4 Å². The third kappa shape index (κ3) is 6.20. The number of guanidine groups is 1. The number of rotatable bonds is 6. The summed E-state index contributed by atoms with van der Waals surface area (Å²) in [5.41, 5.74) is 2.12. The third-order valence-electron chi connectivity index (χ3n) is 3.25. The molecule has 0 aliphatic rings. The van der Waals surface area contributed by atoms with Gasteiger partial charge in [-0.25, -0.2) is 9.98 Å². The van der Waals surface area contributed by atoms with Gasteiger partial charge in [0, 0.05) is 26.3 Å². The van der Waals surface area contributed by atoms with Crippen molar-refractivity contribution in [3.05, 3.63) is 35.3 Å².